The van der Waals surface area contributed by atoms with Crippen molar-refractivity contribution < 1.29 is 0 Å². The normalized spacial score (nSPS) is 36.0. The number of nitrogens with two attached hydrogens (primary N) is 1. The van der Waals surface area contributed by atoms with Gasteiger partial charge in [0.25, 0.3) is 0 Å². The molecule has 4 nitrogen and oxygen atoms in total. The molecule has 0 aliphatic heterocycles. The molecule has 1 aromatic rings. The summed E-state index contributed by atoms with van der Waals surface area (Å²) in [5.41, 5.74) is 7.42. The van der Waals surface area contributed by atoms with E-state index < -0.39 is 0 Å². The van der Waals surface area contributed by atoms with Crippen LogP contribution in [-0.2, 0) is 7.05 Å². The number of fused-ring (bicyclic) bond motifs is 2. The molecule has 2 aliphatic carbocycles. The Morgan fingerprint density at radius 2 is 2.33 bits per heavy atom. The third-order valence-corrected chi connectivity index (χ3v) is 4.35. The smallest absolute Gasteiger partial charge is 0.0753 e. The molecule has 0 saturated heterocycles. The lowest BCUT2D eigenvalue weighted by atomic mass is 9.82. The highest BCUT2D eigenvalue weighted by molar-refractivity contribution is 5.07. The Bertz CT molecular complexity index is 359. The summed E-state index contributed by atoms with van der Waals surface area (Å²) >= 11 is 0. The molecular weight excluding hydrogens is 188 g/mol. The summed E-state index contributed by atoms with van der Waals surface area (Å²) in [7, 11) is 1.93. The molecule has 0 aromatic carbocycles. The maximum atomic E-state index is 6.33. The molecule has 2 aliphatic rings. The number of rotatable bonds is 2. The minimum Gasteiger partial charge on any atom is -0.322 e. The van der Waals surface area contributed by atoms with Gasteiger partial charge in [0.1, 0.15) is 0 Å². The van der Waals surface area contributed by atoms with Crippen LogP contribution in [0.5, 0.6) is 0 Å². The lowest BCUT2D eigenvalue weighted by Gasteiger charge is -2.27. The summed E-state index contributed by atoms with van der Waals surface area (Å²) in [6, 6.07) is 0.139. The molecule has 3 rings (SSSR count). The van der Waals surface area contributed by atoms with Crippen LogP contribution < -0.4 is 5.73 Å². The molecule has 82 valence electrons. The van der Waals surface area contributed by atoms with Crippen molar-refractivity contribution in [3.8, 4) is 0 Å². The summed E-state index contributed by atoms with van der Waals surface area (Å²) in [6.45, 7) is 0. The molecule has 1 heterocycles. The van der Waals surface area contributed by atoms with E-state index in [-0.39, 0.29) is 6.04 Å². The molecule has 4 heteroatoms. The Kier molecular flexibility index (Phi) is 2.06. The highest BCUT2D eigenvalue weighted by Gasteiger charge is 2.43. The predicted molar refractivity (Wildman–Crippen MR) is 56.9 cm³/mol. The van der Waals surface area contributed by atoms with Gasteiger partial charge >= 0.3 is 0 Å². The number of aryl methyl sites for hydroxylation is 1. The van der Waals surface area contributed by atoms with Crippen molar-refractivity contribution in [1.82, 2.24) is 15.0 Å². The van der Waals surface area contributed by atoms with Gasteiger partial charge in [0.05, 0.1) is 17.9 Å². The molecule has 2 N–H and O–H groups in total. The molecule has 2 saturated carbocycles. The van der Waals surface area contributed by atoms with Crippen LogP contribution in [0.15, 0.2) is 6.20 Å². The number of nitrogens with zero attached hydrogens (tertiary/aromatic N) is 3. The second-order valence-electron chi connectivity index (χ2n) is 5.15. The Morgan fingerprint density at radius 1 is 1.47 bits per heavy atom. The molecule has 0 amide bonds. The van der Waals surface area contributed by atoms with Gasteiger partial charge in [0.2, 0.25) is 0 Å². The van der Waals surface area contributed by atoms with Gasteiger partial charge < -0.3 is 5.73 Å². The summed E-state index contributed by atoms with van der Waals surface area (Å²) in [5, 5.41) is 7.87. The van der Waals surface area contributed by atoms with Crippen molar-refractivity contribution in [2.45, 2.75) is 31.7 Å². The zero-order valence-corrected chi connectivity index (χ0v) is 9.13. The van der Waals surface area contributed by atoms with Crippen LogP contribution in [0.25, 0.3) is 0 Å². The van der Waals surface area contributed by atoms with Crippen LogP contribution in [0, 0.1) is 17.8 Å². The highest BCUT2D eigenvalue weighted by Crippen LogP contribution is 2.51. The first kappa shape index (κ1) is 9.33. The Hall–Kier alpha value is -0.900. The molecule has 15 heavy (non-hydrogen) atoms. The van der Waals surface area contributed by atoms with E-state index >= 15 is 0 Å². The minimum atomic E-state index is 0.139. The van der Waals surface area contributed by atoms with Gasteiger partial charge in [0, 0.05) is 7.05 Å². The minimum absolute atomic E-state index is 0.139. The molecule has 2 fully saturated rings. The molecule has 0 radical (unpaired) electrons. The largest absolute Gasteiger partial charge is 0.322 e. The standard InChI is InChI=1S/C11H18N4/c1-15-10(6-13-14-15)11(12)9-5-7-2-3-8(9)4-7/h6-9,11H,2-5,12H2,1H3. The van der Waals surface area contributed by atoms with E-state index in [0.29, 0.717) is 5.92 Å². The lowest BCUT2D eigenvalue weighted by Crippen LogP contribution is -2.27. The number of hydrogen-bond donors (Lipinski definition) is 1. The lowest BCUT2D eigenvalue weighted by molar-refractivity contribution is 0.277. The molecule has 2 bridgehead atoms. The van der Waals surface area contributed by atoms with Gasteiger partial charge in [0.15, 0.2) is 0 Å². The van der Waals surface area contributed by atoms with Crippen LogP contribution in [0.2, 0.25) is 0 Å². The van der Waals surface area contributed by atoms with Crippen molar-refractivity contribution in [2.75, 3.05) is 0 Å². The van der Waals surface area contributed by atoms with Gasteiger partial charge in [-0.15, -0.1) is 5.10 Å². The second-order valence-corrected chi connectivity index (χ2v) is 5.15. The molecular formula is C11H18N4. The van der Waals surface area contributed by atoms with E-state index in [4.69, 9.17) is 5.73 Å². The van der Waals surface area contributed by atoms with Gasteiger partial charge in [-0.05, 0) is 37.0 Å². The van der Waals surface area contributed by atoms with Gasteiger partial charge in [-0.3, -0.25) is 4.68 Å². The van der Waals surface area contributed by atoms with Crippen LogP contribution in [0.1, 0.15) is 37.4 Å². The van der Waals surface area contributed by atoms with E-state index in [2.05, 4.69) is 10.3 Å². The van der Waals surface area contributed by atoms with Crippen molar-refractivity contribution in [1.29, 1.82) is 0 Å². The fourth-order valence-electron chi connectivity index (χ4n) is 3.55. The molecule has 1 aromatic heterocycles. The van der Waals surface area contributed by atoms with Crippen molar-refractivity contribution in [3.63, 3.8) is 0 Å². The molecule has 0 spiro atoms. The van der Waals surface area contributed by atoms with Crippen LogP contribution in [0.4, 0.5) is 0 Å². The summed E-state index contributed by atoms with van der Waals surface area (Å²) in [6.07, 6.45) is 7.35. The maximum Gasteiger partial charge on any atom is 0.0753 e. The first-order valence-corrected chi connectivity index (χ1v) is 5.86. The van der Waals surface area contributed by atoms with Crippen molar-refractivity contribution >= 4 is 0 Å². The van der Waals surface area contributed by atoms with Crippen molar-refractivity contribution in [3.05, 3.63) is 11.9 Å². The second kappa shape index (κ2) is 3.30. The molecule has 4 unspecified atom stereocenters. The van der Waals surface area contributed by atoms with E-state index in [9.17, 15) is 0 Å². The first-order valence-electron chi connectivity index (χ1n) is 5.86. The highest BCUT2D eigenvalue weighted by atomic mass is 15.4. The number of aromatic nitrogens is 3. The van der Waals surface area contributed by atoms with E-state index in [1.165, 1.54) is 25.7 Å². The predicted octanol–water partition coefficient (Wildman–Crippen LogP) is 1.25. The topological polar surface area (TPSA) is 56.7 Å². The SMILES string of the molecule is Cn1nncc1C(N)C1CC2CCC1C2. The van der Waals surface area contributed by atoms with E-state index in [1.807, 2.05) is 17.9 Å². The quantitative estimate of drug-likeness (QED) is 0.792. The Morgan fingerprint density at radius 3 is 2.87 bits per heavy atom. The third kappa shape index (κ3) is 1.39. The average Bonchev–Trinajstić information content (AvgIpc) is 2.91. The summed E-state index contributed by atoms with van der Waals surface area (Å²) < 4.78 is 1.82. The van der Waals surface area contributed by atoms with E-state index in [0.717, 1.165) is 17.5 Å². The van der Waals surface area contributed by atoms with Gasteiger partial charge in [-0.2, -0.15) is 0 Å². The fraction of sp³-hybridized carbons (Fsp3) is 0.818. The van der Waals surface area contributed by atoms with Crippen LogP contribution >= 0.6 is 0 Å². The third-order valence-electron chi connectivity index (χ3n) is 4.35. The van der Waals surface area contributed by atoms with E-state index in [1.54, 1.807) is 0 Å². The van der Waals surface area contributed by atoms with Crippen LogP contribution in [-0.4, -0.2) is 15.0 Å². The Labute approximate surface area is 89.8 Å². The zero-order chi connectivity index (χ0) is 10.4. The maximum absolute atomic E-state index is 6.33. The fourth-order valence-corrected chi connectivity index (χ4v) is 3.55. The summed E-state index contributed by atoms with van der Waals surface area (Å²) in [4.78, 5) is 0. The first-order chi connectivity index (χ1) is 7.25. The Balaban J connectivity index is 1.81. The monoisotopic (exact) mass is 206 g/mol. The summed E-state index contributed by atoms with van der Waals surface area (Å²) in [5.74, 6) is 2.48. The van der Waals surface area contributed by atoms with Crippen molar-refractivity contribution in [2.24, 2.45) is 30.5 Å². The number of hydrogen-bond acceptors (Lipinski definition) is 3. The average molecular weight is 206 g/mol. The van der Waals surface area contributed by atoms with Crippen LogP contribution in [0.3, 0.4) is 0 Å². The zero-order valence-electron chi connectivity index (χ0n) is 9.13. The molecule has 4 atom stereocenters. The van der Waals surface area contributed by atoms with Gasteiger partial charge in [-0.25, -0.2) is 0 Å². The van der Waals surface area contributed by atoms with Gasteiger partial charge in [-0.1, -0.05) is 11.6 Å².